The van der Waals surface area contributed by atoms with Gasteiger partial charge in [0.05, 0.1) is 35.6 Å². The third-order valence-corrected chi connectivity index (χ3v) is 4.59. The van der Waals surface area contributed by atoms with Crippen LogP contribution in [0.2, 0.25) is 0 Å². The Morgan fingerprint density at radius 2 is 1.90 bits per heavy atom. The Hall–Kier alpha value is -2.55. The summed E-state index contributed by atoms with van der Waals surface area (Å²) in [5.74, 6) is 0.775. The Bertz CT molecular complexity index is 1130. The maximum Gasteiger partial charge on any atom is 0.269 e. The summed E-state index contributed by atoms with van der Waals surface area (Å²) in [5, 5.41) is 1.09. The van der Waals surface area contributed by atoms with E-state index in [0.717, 1.165) is 33.5 Å². The van der Waals surface area contributed by atoms with Crippen LogP contribution in [-0.4, -0.2) is 9.13 Å². The van der Waals surface area contributed by atoms with Gasteiger partial charge in [0.2, 0.25) is 5.82 Å². The Morgan fingerprint density at radius 3 is 2.81 bits per heavy atom. The van der Waals surface area contributed by atoms with Crippen molar-refractivity contribution in [1.29, 1.82) is 0 Å². The van der Waals surface area contributed by atoms with Gasteiger partial charge in [0, 0.05) is 0 Å². The van der Waals surface area contributed by atoms with Crippen molar-refractivity contribution in [1.82, 2.24) is 9.13 Å². The van der Waals surface area contributed by atoms with E-state index in [0.29, 0.717) is 6.54 Å². The normalized spacial score (nSPS) is 15.8. The standard InChI is InChI=1S/C18H16N3/c1-19-15-10-6-5-9-14(15)16-18(19)20(2)17-13-8-4-3-7-12(13)11-21(16)17/h3-10H,11H2,1-2H3/q+1/i2D3. The number of aryl methyl sites for hydroxylation is 2. The Kier molecular flexibility index (Phi) is 1.47. The lowest BCUT2D eigenvalue weighted by Crippen LogP contribution is -2.31. The fourth-order valence-corrected chi connectivity index (χ4v) is 3.68. The number of hydrogen-bond acceptors (Lipinski definition) is 0. The van der Waals surface area contributed by atoms with Crippen LogP contribution in [0.1, 0.15) is 9.68 Å². The van der Waals surface area contributed by atoms with Crippen molar-refractivity contribution < 1.29 is 8.68 Å². The van der Waals surface area contributed by atoms with Crippen molar-refractivity contribution >= 4 is 22.1 Å². The van der Waals surface area contributed by atoms with Crippen molar-refractivity contribution in [2.75, 3.05) is 0 Å². The van der Waals surface area contributed by atoms with Gasteiger partial charge in [-0.15, -0.1) is 0 Å². The Balaban J connectivity index is 2.05. The molecule has 0 bridgehead atoms. The first kappa shape index (κ1) is 8.67. The van der Waals surface area contributed by atoms with Gasteiger partial charge in [-0.1, -0.05) is 30.3 Å². The Labute approximate surface area is 126 Å². The summed E-state index contributed by atoms with van der Waals surface area (Å²) in [6, 6.07) is 16.1. The highest BCUT2D eigenvalue weighted by atomic mass is 15.2. The predicted molar refractivity (Wildman–Crippen MR) is 84.1 cm³/mol. The van der Waals surface area contributed by atoms with E-state index < -0.39 is 6.98 Å². The number of para-hydroxylation sites is 1. The SMILES string of the molecule is [2H]C([2H])([2H])[n+]1c2n(c3c4ccccc4n(C)c31)Cc1ccccc1-2. The molecule has 4 aromatic rings. The summed E-state index contributed by atoms with van der Waals surface area (Å²) in [6.45, 7) is -1.53. The van der Waals surface area contributed by atoms with Gasteiger partial charge in [0.15, 0.2) is 5.52 Å². The average Bonchev–Trinajstić information content (AvgIpc) is 3.15. The van der Waals surface area contributed by atoms with E-state index in [9.17, 15) is 0 Å². The summed E-state index contributed by atoms with van der Waals surface area (Å²) < 4.78 is 30.0. The molecule has 102 valence electrons. The fourth-order valence-electron chi connectivity index (χ4n) is 3.68. The van der Waals surface area contributed by atoms with Gasteiger partial charge in [0.1, 0.15) is 5.52 Å². The van der Waals surface area contributed by atoms with E-state index in [-0.39, 0.29) is 0 Å². The van der Waals surface area contributed by atoms with Crippen molar-refractivity contribution in [3.63, 3.8) is 0 Å². The summed E-state index contributed by atoms with van der Waals surface area (Å²) in [7, 11) is 1.94. The van der Waals surface area contributed by atoms with Crippen LogP contribution in [0.4, 0.5) is 0 Å². The smallest absolute Gasteiger partial charge is 0.259 e. The van der Waals surface area contributed by atoms with Gasteiger partial charge >= 0.3 is 0 Å². The van der Waals surface area contributed by atoms with Crippen LogP contribution in [0.15, 0.2) is 48.5 Å². The van der Waals surface area contributed by atoms with Crippen LogP contribution in [0.3, 0.4) is 0 Å². The topological polar surface area (TPSA) is 13.7 Å². The van der Waals surface area contributed by atoms with Gasteiger partial charge in [-0.25, -0.2) is 9.13 Å². The molecule has 3 nitrogen and oxygen atoms in total. The summed E-state index contributed by atoms with van der Waals surface area (Å²) >= 11 is 0. The van der Waals surface area contributed by atoms with Crippen LogP contribution in [0.25, 0.3) is 33.5 Å². The minimum absolute atomic E-state index is 0.707. The minimum atomic E-state index is -2.24. The molecule has 0 fully saturated rings. The largest absolute Gasteiger partial charge is 0.269 e. The van der Waals surface area contributed by atoms with Crippen LogP contribution >= 0.6 is 0 Å². The number of aromatic nitrogens is 3. The van der Waals surface area contributed by atoms with Crippen LogP contribution in [0, 0.1) is 0 Å². The highest BCUT2D eigenvalue weighted by molar-refractivity contribution is 6.05. The number of rotatable bonds is 0. The molecule has 0 atom stereocenters. The monoisotopic (exact) mass is 277 g/mol. The van der Waals surface area contributed by atoms with E-state index in [1.54, 1.807) is 0 Å². The van der Waals surface area contributed by atoms with Crippen LogP contribution in [-0.2, 0) is 20.6 Å². The zero-order chi connectivity index (χ0) is 16.6. The quantitative estimate of drug-likeness (QED) is 0.386. The van der Waals surface area contributed by atoms with Crippen molar-refractivity contribution in [2.45, 2.75) is 6.54 Å². The second-order valence-electron chi connectivity index (χ2n) is 5.65. The van der Waals surface area contributed by atoms with Crippen molar-refractivity contribution in [3.05, 3.63) is 54.1 Å². The van der Waals surface area contributed by atoms with E-state index in [1.165, 1.54) is 10.1 Å². The lowest BCUT2D eigenvalue weighted by molar-refractivity contribution is -0.636. The first-order valence-electron chi connectivity index (χ1n) is 8.59. The molecular formula is C18H16N3+. The second-order valence-corrected chi connectivity index (χ2v) is 5.65. The molecule has 2 aromatic heterocycles. The molecule has 2 aromatic carbocycles. The summed E-state index contributed by atoms with van der Waals surface area (Å²) in [5.41, 5.74) is 4.97. The van der Waals surface area contributed by atoms with Gasteiger partial charge < -0.3 is 0 Å². The van der Waals surface area contributed by atoms with E-state index >= 15 is 0 Å². The molecule has 0 amide bonds. The molecule has 1 aliphatic rings. The van der Waals surface area contributed by atoms with Crippen LogP contribution in [0.5, 0.6) is 0 Å². The van der Waals surface area contributed by atoms with Gasteiger partial charge in [0.25, 0.3) is 5.65 Å². The highest BCUT2D eigenvalue weighted by Crippen LogP contribution is 2.36. The zero-order valence-corrected chi connectivity index (χ0v) is 11.7. The molecule has 0 unspecified atom stereocenters. The van der Waals surface area contributed by atoms with Crippen molar-refractivity contribution in [3.8, 4) is 11.4 Å². The molecule has 0 saturated carbocycles. The summed E-state index contributed by atoms with van der Waals surface area (Å²) in [4.78, 5) is 0. The first-order valence-corrected chi connectivity index (χ1v) is 7.09. The second kappa shape index (κ2) is 3.55. The molecule has 0 radical (unpaired) electrons. The number of imidazole rings is 1. The van der Waals surface area contributed by atoms with Gasteiger partial charge in [-0.3, -0.25) is 4.57 Å². The lowest BCUT2D eigenvalue weighted by atomic mass is 10.1. The van der Waals surface area contributed by atoms with E-state index in [2.05, 4.69) is 16.7 Å². The minimum Gasteiger partial charge on any atom is -0.259 e. The molecule has 0 spiro atoms. The van der Waals surface area contributed by atoms with E-state index in [4.69, 9.17) is 4.11 Å². The highest BCUT2D eigenvalue weighted by Gasteiger charge is 2.33. The molecular weight excluding hydrogens is 258 g/mol. The third-order valence-electron chi connectivity index (χ3n) is 4.59. The molecule has 0 saturated heterocycles. The number of hydrogen-bond donors (Lipinski definition) is 0. The van der Waals surface area contributed by atoms with Crippen LogP contribution < -0.4 is 4.57 Å². The molecule has 0 N–H and O–H groups in total. The third kappa shape index (κ3) is 1.18. The van der Waals surface area contributed by atoms with Gasteiger partial charge in [-0.2, -0.15) is 0 Å². The molecule has 5 rings (SSSR count). The fraction of sp³-hybridized carbons (Fsp3) is 0.167. The molecule has 1 aliphatic heterocycles. The molecule has 0 aliphatic carbocycles. The van der Waals surface area contributed by atoms with Crippen molar-refractivity contribution in [2.24, 2.45) is 14.0 Å². The average molecular weight is 277 g/mol. The zero-order valence-electron chi connectivity index (χ0n) is 14.7. The predicted octanol–water partition coefficient (Wildman–Crippen LogP) is 2.99. The molecule has 3 heterocycles. The first-order chi connectivity index (χ1) is 11.5. The van der Waals surface area contributed by atoms with E-state index in [1.807, 2.05) is 48.0 Å². The molecule has 21 heavy (non-hydrogen) atoms. The maximum atomic E-state index is 8.12. The number of benzene rings is 2. The number of fused-ring (bicyclic) bond motifs is 7. The maximum absolute atomic E-state index is 8.12. The summed E-state index contributed by atoms with van der Waals surface area (Å²) in [6.07, 6.45) is 0. The number of nitrogens with zero attached hydrogens (tertiary/aromatic N) is 3. The Morgan fingerprint density at radius 1 is 1.10 bits per heavy atom. The molecule has 3 heteroatoms. The van der Waals surface area contributed by atoms with Gasteiger partial charge in [-0.05, 0) is 23.8 Å². The lowest BCUT2D eigenvalue weighted by Gasteiger charge is -1.98.